The minimum Gasteiger partial charge on any atom is -0.399 e. The molecule has 2 rings (SSSR count). The number of nitrogens with zero attached hydrogens (tertiary/aromatic N) is 1. The highest BCUT2D eigenvalue weighted by molar-refractivity contribution is 6.64. The molecule has 1 aromatic carbocycles. The fourth-order valence-electron chi connectivity index (χ4n) is 1.87. The normalized spacial score (nSPS) is 20.3. The number of halogens is 1. The Kier molecular flexibility index (Phi) is 3.30. The smallest absolute Gasteiger partial charge is 0.399 e. The van der Waals surface area contributed by atoms with Crippen LogP contribution in [-0.2, 0) is 9.31 Å². The Morgan fingerprint density at radius 3 is 2.21 bits per heavy atom. The Morgan fingerprint density at radius 2 is 1.74 bits per heavy atom. The van der Waals surface area contributed by atoms with Crippen LogP contribution in [0.15, 0.2) is 12.1 Å². The largest absolute Gasteiger partial charge is 0.497 e. The van der Waals surface area contributed by atoms with Crippen LogP contribution in [0.25, 0.3) is 0 Å². The average Bonchev–Trinajstić information content (AvgIpc) is 2.50. The Bertz CT molecular complexity index is 550. The van der Waals surface area contributed by atoms with E-state index in [-0.39, 0.29) is 0 Å². The van der Waals surface area contributed by atoms with Gasteiger partial charge in [-0.2, -0.15) is 5.26 Å². The van der Waals surface area contributed by atoms with Gasteiger partial charge in [-0.25, -0.2) is 0 Å². The van der Waals surface area contributed by atoms with Gasteiger partial charge in [0.1, 0.15) is 6.07 Å². The van der Waals surface area contributed by atoms with Crippen molar-refractivity contribution >= 4 is 29.9 Å². The lowest BCUT2D eigenvalue weighted by molar-refractivity contribution is 0.00578. The van der Waals surface area contributed by atoms with Gasteiger partial charge in [-0.15, -0.1) is 0 Å². The zero-order valence-electron chi connectivity index (χ0n) is 11.5. The van der Waals surface area contributed by atoms with E-state index in [1.54, 1.807) is 12.1 Å². The van der Waals surface area contributed by atoms with E-state index in [9.17, 15) is 0 Å². The van der Waals surface area contributed by atoms with Gasteiger partial charge >= 0.3 is 7.12 Å². The van der Waals surface area contributed by atoms with Gasteiger partial charge < -0.3 is 15.0 Å². The predicted molar refractivity (Wildman–Crippen MR) is 76.3 cm³/mol. The molecule has 0 amide bonds. The molecular weight excluding hydrogens is 262 g/mol. The maximum absolute atomic E-state index is 8.91. The summed E-state index contributed by atoms with van der Waals surface area (Å²) < 4.78 is 11.8. The van der Waals surface area contributed by atoms with Crippen molar-refractivity contribution in [3.8, 4) is 6.07 Å². The SMILES string of the molecule is CC1(C)OB(c2cc(Cl)c(C#N)cc2N)OC1(C)C. The summed E-state index contributed by atoms with van der Waals surface area (Å²) in [6, 6.07) is 5.17. The summed E-state index contributed by atoms with van der Waals surface area (Å²) >= 11 is 6.03. The standard InChI is InChI=1S/C13H16BClN2O2/c1-12(2)13(3,4)19-14(18-12)9-6-10(15)8(7-16)5-11(9)17/h5-6H,17H2,1-4H3. The van der Waals surface area contributed by atoms with Crippen LogP contribution in [0.1, 0.15) is 33.3 Å². The van der Waals surface area contributed by atoms with E-state index in [2.05, 4.69) is 0 Å². The molecule has 1 saturated heterocycles. The molecule has 0 spiro atoms. The van der Waals surface area contributed by atoms with Crippen LogP contribution >= 0.6 is 11.6 Å². The number of hydrogen-bond acceptors (Lipinski definition) is 4. The molecule has 19 heavy (non-hydrogen) atoms. The Labute approximate surface area is 118 Å². The zero-order valence-corrected chi connectivity index (χ0v) is 12.2. The highest BCUT2D eigenvalue weighted by Gasteiger charge is 2.52. The number of nitrogens with two attached hydrogens (primary N) is 1. The van der Waals surface area contributed by atoms with E-state index in [0.717, 1.165) is 0 Å². The fourth-order valence-corrected chi connectivity index (χ4v) is 2.08. The molecule has 100 valence electrons. The van der Waals surface area contributed by atoms with Gasteiger partial charge in [0.05, 0.1) is 21.8 Å². The van der Waals surface area contributed by atoms with Crippen LogP contribution in [0.5, 0.6) is 0 Å². The maximum Gasteiger partial charge on any atom is 0.497 e. The third-order valence-corrected chi connectivity index (χ3v) is 4.11. The molecular formula is C13H16BClN2O2. The van der Waals surface area contributed by atoms with E-state index in [1.807, 2.05) is 33.8 Å². The van der Waals surface area contributed by atoms with E-state index in [1.165, 1.54) is 0 Å². The second kappa shape index (κ2) is 4.41. The molecule has 1 aromatic rings. The molecule has 4 nitrogen and oxygen atoms in total. The first-order valence-electron chi connectivity index (χ1n) is 6.02. The second-order valence-electron chi connectivity index (χ2n) is 5.66. The first-order chi connectivity index (χ1) is 8.68. The molecule has 0 radical (unpaired) electrons. The van der Waals surface area contributed by atoms with E-state index < -0.39 is 18.3 Å². The van der Waals surface area contributed by atoms with Gasteiger partial charge in [-0.1, -0.05) is 11.6 Å². The number of nitrogen functional groups attached to an aromatic ring is 1. The fraction of sp³-hybridized carbons (Fsp3) is 0.462. The molecule has 0 aliphatic carbocycles. The quantitative estimate of drug-likeness (QED) is 0.631. The van der Waals surface area contributed by atoms with Gasteiger partial charge in [-0.05, 0) is 39.8 Å². The highest BCUT2D eigenvalue weighted by Crippen LogP contribution is 2.37. The molecule has 0 atom stereocenters. The van der Waals surface area contributed by atoms with Crippen LogP contribution < -0.4 is 11.2 Å². The number of rotatable bonds is 1. The van der Waals surface area contributed by atoms with Crippen LogP contribution in [0.4, 0.5) is 5.69 Å². The zero-order chi connectivity index (χ0) is 14.4. The van der Waals surface area contributed by atoms with Crippen molar-refractivity contribution in [1.29, 1.82) is 5.26 Å². The van der Waals surface area contributed by atoms with Crippen molar-refractivity contribution < 1.29 is 9.31 Å². The highest BCUT2D eigenvalue weighted by atomic mass is 35.5. The summed E-state index contributed by atoms with van der Waals surface area (Å²) in [6.07, 6.45) is 0. The third kappa shape index (κ3) is 2.32. The van der Waals surface area contributed by atoms with Crippen molar-refractivity contribution in [1.82, 2.24) is 0 Å². The van der Waals surface area contributed by atoms with Gasteiger partial charge in [0.15, 0.2) is 0 Å². The second-order valence-corrected chi connectivity index (χ2v) is 6.07. The number of hydrogen-bond donors (Lipinski definition) is 1. The lowest BCUT2D eigenvalue weighted by Gasteiger charge is -2.32. The molecule has 2 N–H and O–H groups in total. The van der Waals surface area contributed by atoms with Crippen molar-refractivity contribution in [2.45, 2.75) is 38.9 Å². The van der Waals surface area contributed by atoms with Crippen molar-refractivity contribution in [2.75, 3.05) is 5.73 Å². The number of benzene rings is 1. The Balaban J connectivity index is 2.41. The minimum atomic E-state index is -0.574. The maximum atomic E-state index is 8.91. The summed E-state index contributed by atoms with van der Waals surface area (Å²) in [5, 5.41) is 9.26. The molecule has 1 aliphatic heterocycles. The van der Waals surface area contributed by atoms with Crippen molar-refractivity contribution in [2.24, 2.45) is 0 Å². The van der Waals surface area contributed by atoms with E-state index in [0.29, 0.717) is 21.7 Å². The minimum absolute atomic E-state index is 0.347. The lowest BCUT2D eigenvalue weighted by Crippen LogP contribution is -2.41. The van der Waals surface area contributed by atoms with E-state index in [4.69, 9.17) is 31.9 Å². The predicted octanol–water partition coefficient (Wildman–Crippen LogP) is 2.09. The Morgan fingerprint density at radius 1 is 1.21 bits per heavy atom. The number of anilines is 1. The summed E-state index contributed by atoms with van der Waals surface area (Å²) in [5.41, 5.74) is 6.52. The van der Waals surface area contributed by atoms with Gasteiger partial charge in [0.2, 0.25) is 0 Å². The summed E-state index contributed by atoms with van der Waals surface area (Å²) in [4.78, 5) is 0. The Hall–Kier alpha value is -1.22. The summed E-state index contributed by atoms with van der Waals surface area (Å²) in [6.45, 7) is 7.87. The molecule has 1 aliphatic rings. The molecule has 0 bridgehead atoms. The monoisotopic (exact) mass is 278 g/mol. The topological polar surface area (TPSA) is 68.3 Å². The summed E-state index contributed by atoms with van der Waals surface area (Å²) in [7, 11) is -0.574. The van der Waals surface area contributed by atoms with Gasteiger partial charge in [0.25, 0.3) is 0 Å². The summed E-state index contributed by atoms with van der Waals surface area (Å²) in [5.74, 6) is 0. The van der Waals surface area contributed by atoms with E-state index >= 15 is 0 Å². The number of nitriles is 1. The van der Waals surface area contributed by atoms with Crippen LogP contribution in [0, 0.1) is 11.3 Å². The lowest BCUT2D eigenvalue weighted by atomic mass is 9.77. The van der Waals surface area contributed by atoms with Crippen LogP contribution in [0.2, 0.25) is 5.02 Å². The molecule has 0 aromatic heterocycles. The van der Waals surface area contributed by atoms with Gasteiger partial charge in [0, 0.05) is 11.2 Å². The van der Waals surface area contributed by atoms with Crippen LogP contribution in [0.3, 0.4) is 0 Å². The van der Waals surface area contributed by atoms with Gasteiger partial charge in [-0.3, -0.25) is 0 Å². The van der Waals surface area contributed by atoms with Crippen molar-refractivity contribution in [3.05, 3.63) is 22.7 Å². The first kappa shape index (κ1) is 14.2. The molecule has 1 fully saturated rings. The van der Waals surface area contributed by atoms with Crippen LogP contribution in [-0.4, -0.2) is 18.3 Å². The molecule has 1 heterocycles. The average molecular weight is 279 g/mol. The third-order valence-electron chi connectivity index (χ3n) is 3.80. The molecule has 0 unspecified atom stereocenters. The molecule has 6 heteroatoms. The van der Waals surface area contributed by atoms with Crippen molar-refractivity contribution in [3.63, 3.8) is 0 Å². The molecule has 0 saturated carbocycles. The first-order valence-corrected chi connectivity index (χ1v) is 6.40.